The van der Waals surface area contributed by atoms with Gasteiger partial charge in [-0.05, 0) is 72.5 Å². The smallest absolute Gasteiger partial charge is 0.337 e. The minimum atomic E-state index is -0.418. The standard InChI is InChI=1S/C35H29FN2O4/c1-40-35(39)26-9-7-24(8-10-26)31-32-30(16-11-27(21-37)34(32)42-22-23-5-3-2-4-6-23)38(29-14-12-28(36)13-15-29)33(31)25-17-19-41-20-18-25/h2-16,25H,17-20,22H2,1H3. The van der Waals surface area contributed by atoms with E-state index in [1.807, 2.05) is 48.5 Å². The maximum atomic E-state index is 14.1. The molecule has 210 valence electrons. The number of ether oxygens (including phenoxy) is 3. The van der Waals surface area contributed by atoms with Crippen molar-refractivity contribution in [3.05, 3.63) is 119 Å². The van der Waals surface area contributed by atoms with Gasteiger partial charge in [-0.2, -0.15) is 5.26 Å². The van der Waals surface area contributed by atoms with Crippen molar-refractivity contribution >= 4 is 16.9 Å². The van der Waals surface area contributed by atoms with Crippen LogP contribution in [-0.2, 0) is 16.1 Å². The van der Waals surface area contributed by atoms with Gasteiger partial charge in [0, 0.05) is 36.1 Å². The first kappa shape index (κ1) is 27.3. The molecular formula is C35H29FN2O4. The van der Waals surface area contributed by atoms with Crippen LogP contribution in [0.25, 0.3) is 27.7 Å². The summed E-state index contributed by atoms with van der Waals surface area (Å²) in [4.78, 5) is 12.2. The lowest BCUT2D eigenvalue weighted by atomic mass is 9.89. The van der Waals surface area contributed by atoms with E-state index in [4.69, 9.17) is 14.2 Å². The molecule has 0 radical (unpaired) electrons. The number of nitriles is 1. The Morgan fingerprint density at radius 3 is 2.36 bits per heavy atom. The number of halogens is 1. The van der Waals surface area contributed by atoms with E-state index >= 15 is 0 Å². The average Bonchev–Trinajstić information content (AvgIpc) is 3.40. The molecule has 4 aromatic carbocycles. The topological polar surface area (TPSA) is 73.5 Å². The number of carbonyl (C=O) groups excluding carboxylic acids is 1. The molecule has 0 bridgehead atoms. The first-order valence-corrected chi connectivity index (χ1v) is 13.9. The van der Waals surface area contributed by atoms with Crippen LogP contribution >= 0.6 is 0 Å². The van der Waals surface area contributed by atoms with Crippen molar-refractivity contribution in [1.82, 2.24) is 4.57 Å². The van der Waals surface area contributed by atoms with Gasteiger partial charge < -0.3 is 18.8 Å². The number of hydrogen-bond donors (Lipinski definition) is 0. The number of rotatable bonds is 7. The van der Waals surface area contributed by atoms with Crippen LogP contribution in [0, 0.1) is 17.1 Å². The molecule has 1 aromatic heterocycles. The molecule has 0 spiro atoms. The Balaban J connectivity index is 1.67. The Bertz CT molecular complexity index is 1770. The van der Waals surface area contributed by atoms with Crippen LogP contribution in [0.4, 0.5) is 4.39 Å². The minimum Gasteiger partial charge on any atom is -0.487 e. The second kappa shape index (κ2) is 11.9. The third kappa shape index (κ3) is 5.13. The number of esters is 1. The molecule has 0 atom stereocenters. The number of methoxy groups -OCH3 is 1. The lowest BCUT2D eigenvalue weighted by molar-refractivity contribution is 0.0600. The van der Waals surface area contributed by atoms with Gasteiger partial charge in [-0.3, -0.25) is 0 Å². The fourth-order valence-corrected chi connectivity index (χ4v) is 5.75. The van der Waals surface area contributed by atoms with Gasteiger partial charge in [0.1, 0.15) is 24.2 Å². The van der Waals surface area contributed by atoms with Crippen LogP contribution in [0.1, 0.15) is 45.9 Å². The molecule has 0 unspecified atom stereocenters. The molecule has 42 heavy (non-hydrogen) atoms. The summed E-state index contributed by atoms with van der Waals surface area (Å²) in [6.45, 7) is 1.53. The van der Waals surface area contributed by atoms with Crippen molar-refractivity contribution in [3.63, 3.8) is 0 Å². The largest absolute Gasteiger partial charge is 0.487 e. The highest BCUT2D eigenvalue weighted by atomic mass is 19.1. The lowest BCUT2D eigenvalue weighted by Crippen LogP contribution is -2.17. The molecule has 2 heterocycles. The number of aromatic nitrogens is 1. The van der Waals surface area contributed by atoms with E-state index in [1.165, 1.54) is 19.2 Å². The van der Waals surface area contributed by atoms with E-state index in [-0.39, 0.29) is 18.3 Å². The third-order valence-corrected chi connectivity index (χ3v) is 7.76. The second-order valence-corrected chi connectivity index (χ2v) is 10.3. The van der Waals surface area contributed by atoms with Crippen LogP contribution in [0.2, 0.25) is 0 Å². The number of fused-ring (bicyclic) bond motifs is 1. The molecule has 1 saturated heterocycles. The van der Waals surface area contributed by atoms with Gasteiger partial charge in [-0.25, -0.2) is 9.18 Å². The van der Waals surface area contributed by atoms with Crippen molar-refractivity contribution in [2.45, 2.75) is 25.4 Å². The number of nitrogens with zero attached hydrogens (tertiary/aromatic N) is 2. The van der Waals surface area contributed by atoms with Crippen LogP contribution in [-0.4, -0.2) is 30.9 Å². The summed E-state index contributed by atoms with van der Waals surface area (Å²) in [5, 5.41) is 11.0. The lowest BCUT2D eigenvalue weighted by Gasteiger charge is -2.26. The highest BCUT2D eigenvalue weighted by molar-refractivity contribution is 6.05. The Kier molecular flexibility index (Phi) is 7.72. The van der Waals surface area contributed by atoms with Gasteiger partial charge >= 0.3 is 5.97 Å². The Hall–Kier alpha value is -4.93. The molecule has 5 aromatic rings. The van der Waals surface area contributed by atoms with Gasteiger partial charge in [0.15, 0.2) is 0 Å². The van der Waals surface area contributed by atoms with Crippen LogP contribution in [0.15, 0.2) is 91.0 Å². The van der Waals surface area contributed by atoms with Crippen LogP contribution in [0.3, 0.4) is 0 Å². The summed E-state index contributed by atoms with van der Waals surface area (Å²) in [5.41, 5.74) is 6.30. The molecular weight excluding hydrogens is 531 g/mol. The average molecular weight is 561 g/mol. The Morgan fingerprint density at radius 2 is 1.69 bits per heavy atom. The first-order chi connectivity index (χ1) is 20.6. The fourth-order valence-electron chi connectivity index (χ4n) is 5.75. The predicted octanol–water partition coefficient (Wildman–Crippen LogP) is 7.57. The molecule has 1 aliphatic rings. The minimum absolute atomic E-state index is 0.124. The second-order valence-electron chi connectivity index (χ2n) is 10.3. The van der Waals surface area contributed by atoms with Crippen molar-refractivity contribution in [2.75, 3.05) is 20.3 Å². The van der Waals surface area contributed by atoms with Gasteiger partial charge in [0.25, 0.3) is 0 Å². The summed E-state index contributed by atoms with van der Waals surface area (Å²) in [5.74, 6) is -0.127. The van der Waals surface area contributed by atoms with E-state index in [1.54, 1.807) is 30.3 Å². The molecule has 0 N–H and O–H groups in total. The monoisotopic (exact) mass is 560 g/mol. The maximum Gasteiger partial charge on any atom is 0.337 e. The zero-order chi connectivity index (χ0) is 29.1. The van der Waals surface area contributed by atoms with Crippen molar-refractivity contribution in [1.29, 1.82) is 5.26 Å². The summed E-state index contributed by atoms with van der Waals surface area (Å²) in [6, 6.07) is 29.6. The highest BCUT2D eigenvalue weighted by Crippen LogP contribution is 2.47. The SMILES string of the molecule is COC(=O)c1ccc(-c2c(C3CCOCC3)n(-c3ccc(F)cc3)c3ccc(C#N)c(OCc4ccccc4)c23)cc1. The maximum absolute atomic E-state index is 14.1. The fraction of sp³-hybridized carbons (Fsp3) is 0.200. The first-order valence-electron chi connectivity index (χ1n) is 13.9. The van der Waals surface area contributed by atoms with Crippen molar-refractivity contribution in [2.24, 2.45) is 0 Å². The van der Waals surface area contributed by atoms with Crippen LogP contribution < -0.4 is 4.74 Å². The van der Waals surface area contributed by atoms with Gasteiger partial charge in [0.2, 0.25) is 0 Å². The predicted molar refractivity (Wildman–Crippen MR) is 158 cm³/mol. The normalized spacial score (nSPS) is 13.5. The molecule has 0 aliphatic carbocycles. The molecule has 7 heteroatoms. The summed E-state index contributed by atoms with van der Waals surface area (Å²) < 4.78 is 33.4. The summed E-state index contributed by atoms with van der Waals surface area (Å²) >= 11 is 0. The van der Waals surface area contributed by atoms with E-state index in [0.29, 0.717) is 30.1 Å². The van der Waals surface area contributed by atoms with E-state index in [9.17, 15) is 14.4 Å². The zero-order valence-corrected chi connectivity index (χ0v) is 23.2. The van der Waals surface area contributed by atoms with Crippen molar-refractivity contribution < 1.29 is 23.4 Å². The number of benzene rings is 4. The quantitative estimate of drug-likeness (QED) is 0.192. The highest BCUT2D eigenvalue weighted by Gasteiger charge is 2.30. The molecule has 6 nitrogen and oxygen atoms in total. The van der Waals surface area contributed by atoms with Gasteiger partial charge in [0.05, 0.1) is 29.1 Å². The third-order valence-electron chi connectivity index (χ3n) is 7.76. The Labute approximate surface area is 243 Å². The van der Waals surface area contributed by atoms with E-state index < -0.39 is 5.97 Å². The van der Waals surface area contributed by atoms with Crippen molar-refractivity contribution in [3.8, 4) is 28.6 Å². The van der Waals surface area contributed by atoms with E-state index in [2.05, 4.69) is 10.6 Å². The van der Waals surface area contributed by atoms with Gasteiger partial charge in [-0.1, -0.05) is 42.5 Å². The summed E-state index contributed by atoms with van der Waals surface area (Å²) in [7, 11) is 1.36. The molecule has 0 saturated carbocycles. The van der Waals surface area contributed by atoms with Crippen LogP contribution in [0.5, 0.6) is 5.75 Å². The summed E-state index contributed by atoms with van der Waals surface area (Å²) in [6.07, 6.45) is 1.60. The number of carbonyl (C=O) groups is 1. The molecule has 1 fully saturated rings. The number of hydrogen-bond acceptors (Lipinski definition) is 5. The molecule has 0 amide bonds. The molecule has 1 aliphatic heterocycles. The van der Waals surface area contributed by atoms with E-state index in [0.717, 1.165) is 51.8 Å². The zero-order valence-electron chi connectivity index (χ0n) is 23.2. The Morgan fingerprint density at radius 1 is 0.976 bits per heavy atom. The van der Waals surface area contributed by atoms with Gasteiger partial charge in [-0.15, -0.1) is 0 Å². The molecule has 6 rings (SSSR count).